The second-order valence-electron chi connectivity index (χ2n) is 3.60. The molecule has 4 nitrogen and oxygen atoms in total. The molecule has 0 N–H and O–H groups in total. The number of halogens is 1. The van der Waals surface area contributed by atoms with Crippen LogP contribution in [0, 0.1) is 11.3 Å². The Hall–Kier alpha value is -2.25. The molecule has 0 radical (unpaired) electrons. The zero-order valence-corrected chi connectivity index (χ0v) is 10.8. The third-order valence-corrected chi connectivity index (χ3v) is 2.68. The topological polar surface area (TPSA) is 55.1 Å². The van der Waals surface area contributed by atoms with E-state index in [1.54, 1.807) is 0 Å². The predicted octanol–water partition coefficient (Wildman–Crippen LogP) is 3.06. The van der Waals surface area contributed by atoms with Crippen LogP contribution in [0.2, 0.25) is 5.02 Å². The lowest BCUT2D eigenvalue weighted by atomic mass is 10.3. The van der Waals surface area contributed by atoms with E-state index < -0.39 is 0 Å². The Balaban J connectivity index is 1.85. The van der Waals surface area contributed by atoms with Crippen LogP contribution < -0.4 is 9.47 Å². The first-order valence-corrected chi connectivity index (χ1v) is 6.04. The summed E-state index contributed by atoms with van der Waals surface area (Å²) in [5.41, 5.74) is 0.343. The first-order chi connectivity index (χ1) is 9.31. The molecular formula is C14H11ClN2O2. The van der Waals surface area contributed by atoms with E-state index in [2.05, 4.69) is 4.98 Å². The van der Waals surface area contributed by atoms with Gasteiger partial charge in [0, 0.05) is 6.20 Å². The van der Waals surface area contributed by atoms with Crippen molar-refractivity contribution in [3.8, 4) is 17.7 Å². The van der Waals surface area contributed by atoms with Gasteiger partial charge in [0.25, 0.3) is 0 Å². The summed E-state index contributed by atoms with van der Waals surface area (Å²) in [6, 6.07) is 12.9. The highest BCUT2D eigenvalue weighted by Gasteiger charge is 2.08. The van der Waals surface area contributed by atoms with E-state index in [-0.39, 0.29) is 10.9 Å². The molecule has 0 bridgehead atoms. The standard InChI is InChI=1S/C14H11ClN2O2/c15-13-11(10-16)6-7-17-14(13)19-9-8-18-12-4-2-1-3-5-12/h1-7H,8-9H2. The highest BCUT2D eigenvalue weighted by atomic mass is 35.5. The van der Waals surface area contributed by atoms with Crippen molar-refractivity contribution in [3.63, 3.8) is 0 Å². The van der Waals surface area contributed by atoms with Crippen molar-refractivity contribution < 1.29 is 9.47 Å². The first kappa shape index (κ1) is 13.2. The summed E-state index contributed by atoms with van der Waals surface area (Å²) in [5.74, 6) is 1.02. The van der Waals surface area contributed by atoms with E-state index >= 15 is 0 Å². The fraction of sp³-hybridized carbons (Fsp3) is 0.143. The van der Waals surface area contributed by atoms with Gasteiger partial charge in [0.05, 0.1) is 5.56 Å². The fourth-order valence-corrected chi connectivity index (χ4v) is 1.63. The number of benzene rings is 1. The molecule has 1 aromatic heterocycles. The maximum Gasteiger partial charge on any atom is 0.234 e. The smallest absolute Gasteiger partial charge is 0.234 e. The number of para-hydroxylation sites is 1. The second-order valence-corrected chi connectivity index (χ2v) is 3.98. The van der Waals surface area contributed by atoms with Gasteiger partial charge < -0.3 is 9.47 Å². The molecule has 0 unspecified atom stereocenters. The van der Waals surface area contributed by atoms with Gasteiger partial charge in [0.15, 0.2) is 0 Å². The van der Waals surface area contributed by atoms with Crippen molar-refractivity contribution in [2.75, 3.05) is 13.2 Å². The quantitative estimate of drug-likeness (QED) is 0.786. The molecule has 0 saturated heterocycles. The molecule has 0 fully saturated rings. The second kappa shape index (κ2) is 6.62. The largest absolute Gasteiger partial charge is 0.490 e. The molecule has 0 spiro atoms. The minimum absolute atomic E-state index is 0.227. The monoisotopic (exact) mass is 274 g/mol. The van der Waals surface area contributed by atoms with E-state index in [4.69, 9.17) is 26.3 Å². The summed E-state index contributed by atoms with van der Waals surface area (Å²) < 4.78 is 10.8. The van der Waals surface area contributed by atoms with Gasteiger partial charge in [-0.05, 0) is 18.2 Å². The molecule has 1 heterocycles. The number of aromatic nitrogens is 1. The number of hydrogen-bond acceptors (Lipinski definition) is 4. The number of nitrogens with zero attached hydrogens (tertiary/aromatic N) is 2. The summed E-state index contributed by atoms with van der Waals surface area (Å²) in [6.45, 7) is 0.676. The van der Waals surface area contributed by atoms with Crippen LogP contribution in [0.1, 0.15) is 5.56 Å². The molecule has 5 heteroatoms. The van der Waals surface area contributed by atoms with Gasteiger partial charge in [-0.3, -0.25) is 0 Å². The predicted molar refractivity (Wildman–Crippen MR) is 71.4 cm³/mol. The van der Waals surface area contributed by atoms with Crippen LogP contribution in [0.4, 0.5) is 0 Å². The molecule has 19 heavy (non-hydrogen) atoms. The maximum atomic E-state index is 8.82. The molecular weight excluding hydrogens is 264 g/mol. The van der Waals surface area contributed by atoms with Crippen LogP contribution in [-0.4, -0.2) is 18.2 Å². The minimum atomic E-state index is 0.227. The lowest BCUT2D eigenvalue weighted by Gasteiger charge is -2.08. The van der Waals surface area contributed by atoms with Crippen molar-refractivity contribution in [1.82, 2.24) is 4.98 Å². The molecule has 2 aromatic rings. The Kier molecular flexibility index (Phi) is 4.60. The summed E-state index contributed by atoms with van der Waals surface area (Å²) in [5, 5.41) is 9.05. The highest BCUT2D eigenvalue weighted by molar-refractivity contribution is 6.32. The molecule has 0 saturated carbocycles. The Morgan fingerprint density at radius 1 is 1.11 bits per heavy atom. The molecule has 0 amide bonds. The first-order valence-electron chi connectivity index (χ1n) is 5.66. The summed E-state index contributed by atoms with van der Waals surface area (Å²) >= 11 is 5.95. The van der Waals surface area contributed by atoms with E-state index in [0.717, 1.165) is 5.75 Å². The van der Waals surface area contributed by atoms with Crippen molar-refractivity contribution in [3.05, 3.63) is 53.2 Å². The Bertz CT molecular complexity index is 582. The molecule has 96 valence electrons. The van der Waals surface area contributed by atoms with Crippen molar-refractivity contribution in [1.29, 1.82) is 5.26 Å². The van der Waals surface area contributed by atoms with Crippen LogP contribution in [-0.2, 0) is 0 Å². The van der Waals surface area contributed by atoms with Crippen molar-refractivity contribution in [2.24, 2.45) is 0 Å². The van der Waals surface area contributed by atoms with Crippen LogP contribution in [0.15, 0.2) is 42.6 Å². The Morgan fingerprint density at radius 3 is 2.58 bits per heavy atom. The molecule has 0 aliphatic carbocycles. The SMILES string of the molecule is N#Cc1ccnc(OCCOc2ccccc2)c1Cl. The normalized spacial score (nSPS) is 9.68. The Labute approximate surface area is 116 Å². The lowest BCUT2D eigenvalue weighted by molar-refractivity contribution is 0.212. The lowest BCUT2D eigenvalue weighted by Crippen LogP contribution is -2.10. The summed E-state index contributed by atoms with van der Waals surface area (Å²) in [7, 11) is 0. The van der Waals surface area contributed by atoms with Gasteiger partial charge in [-0.2, -0.15) is 5.26 Å². The molecule has 2 rings (SSSR count). The number of hydrogen-bond donors (Lipinski definition) is 0. The van der Waals surface area contributed by atoms with Gasteiger partial charge in [0.2, 0.25) is 5.88 Å². The van der Waals surface area contributed by atoms with Gasteiger partial charge >= 0.3 is 0 Å². The van der Waals surface area contributed by atoms with Gasteiger partial charge in [-0.1, -0.05) is 29.8 Å². The summed E-state index contributed by atoms with van der Waals surface area (Å²) in [6.07, 6.45) is 1.48. The van der Waals surface area contributed by atoms with E-state index in [0.29, 0.717) is 18.8 Å². The summed E-state index contributed by atoms with van der Waals surface area (Å²) in [4.78, 5) is 3.97. The van der Waals surface area contributed by atoms with Gasteiger partial charge in [-0.15, -0.1) is 0 Å². The molecule has 1 aromatic carbocycles. The van der Waals surface area contributed by atoms with E-state index in [1.807, 2.05) is 36.4 Å². The third-order valence-electron chi connectivity index (χ3n) is 2.31. The average Bonchev–Trinajstić information content (AvgIpc) is 2.46. The maximum absolute atomic E-state index is 8.82. The van der Waals surface area contributed by atoms with Crippen LogP contribution in [0.5, 0.6) is 11.6 Å². The highest BCUT2D eigenvalue weighted by Crippen LogP contribution is 2.24. The minimum Gasteiger partial charge on any atom is -0.490 e. The number of rotatable bonds is 5. The van der Waals surface area contributed by atoms with Crippen LogP contribution in [0.3, 0.4) is 0 Å². The van der Waals surface area contributed by atoms with Crippen molar-refractivity contribution >= 4 is 11.6 Å². The zero-order chi connectivity index (χ0) is 13.5. The van der Waals surface area contributed by atoms with Gasteiger partial charge in [-0.25, -0.2) is 4.98 Å². The average molecular weight is 275 g/mol. The fourth-order valence-electron chi connectivity index (χ4n) is 1.43. The van der Waals surface area contributed by atoms with Crippen LogP contribution in [0.25, 0.3) is 0 Å². The molecule has 0 aliphatic heterocycles. The molecule has 0 aliphatic rings. The number of nitriles is 1. The number of ether oxygens (including phenoxy) is 2. The Morgan fingerprint density at radius 2 is 1.84 bits per heavy atom. The third kappa shape index (κ3) is 3.60. The number of pyridine rings is 1. The van der Waals surface area contributed by atoms with Gasteiger partial charge in [0.1, 0.15) is 30.1 Å². The van der Waals surface area contributed by atoms with Crippen molar-refractivity contribution in [2.45, 2.75) is 0 Å². The zero-order valence-electron chi connectivity index (χ0n) is 10.0. The van der Waals surface area contributed by atoms with E-state index in [9.17, 15) is 0 Å². The van der Waals surface area contributed by atoms with E-state index in [1.165, 1.54) is 12.3 Å². The van der Waals surface area contributed by atoms with Crippen LogP contribution >= 0.6 is 11.6 Å². The molecule has 0 atom stereocenters.